The Labute approximate surface area is 181 Å². The average Bonchev–Trinajstić information content (AvgIpc) is 3.24. The summed E-state index contributed by atoms with van der Waals surface area (Å²) in [6.07, 6.45) is 3.13. The van der Waals surface area contributed by atoms with Crippen LogP contribution in [0.4, 0.5) is 5.69 Å². The van der Waals surface area contributed by atoms with Gasteiger partial charge in [0.1, 0.15) is 11.3 Å². The summed E-state index contributed by atoms with van der Waals surface area (Å²) in [5.74, 6) is -0.0537. The highest BCUT2D eigenvalue weighted by atomic mass is 16.5. The molecule has 0 radical (unpaired) electrons. The van der Waals surface area contributed by atoms with Crippen LogP contribution >= 0.6 is 0 Å². The summed E-state index contributed by atoms with van der Waals surface area (Å²) in [5.41, 5.74) is 4.16. The topological polar surface area (TPSA) is 69.0 Å². The first-order chi connectivity index (χ1) is 14.8. The third-order valence-corrected chi connectivity index (χ3v) is 5.81. The lowest BCUT2D eigenvalue weighted by Gasteiger charge is -2.23. The highest BCUT2D eigenvalue weighted by molar-refractivity contribution is 5.95. The molecule has 160 valence electrons. The molecule has 6 heteroatoms. The molecule has 0 N–H and O–H groups in total. The van der Waals surface area contributed by atoms with Gasteiger partial charge in [-0.05, 0) is 23.8 Å². The fourth-order valence-electron chi connectivity index (χ4n) is 4.14. The number of methoxy groups -OCH3 is 1. The number of likely N-dealkylation sites (N-methyl/N-ethyl adjacent to an activating group) is 1. The molecule has 0 saturated heterocycles. The van der Waals surface area contributed by atoms with Gasteiger partial charge in [0.2, 0.25) is 0 Å². The molecular weight excluding hydrogens is 394 g/mol. The monoisotopic (exact) mass is 419 g/mol. The van der Waals surface area contributed by atoms with Crippen LogP contribution in [0.25, 0.3) is 11.0 Å². The van der Waals surface area contributed by atoms with Crippen LogP contribution in [0.5, 0.6) is 5.75 Å². The fourth-order valence-corrected chi connectivity index (χ4v) is 4.14. The van der Waals surface area contributed by atoms with Gasteiger partial charge < -0.3 is 18.8 Å². The molecular formula is C25H25NO5. The molecule has 0 saturated carbocycles. The minimum atomic E-state index is -0.479. The Morgan fingerprint density at radius 3 is 2.68 bits per heavy atom. The molecule has 6 nitrogen and oxygen atoms in total. The summed E-state index contributed by atoms with van der Waals surface area (Å²) in [6.45, 7) is 3.87. The number of para-hydroxylation sites is 1. The molecule has 1 aliphatic heterocycles. The van der Waals surface area contributed by atoms with E-state index in [2.05, 4.69) is 19.9 Å². The number of ketones is 1. The molecule has 0 bridgehead atoms. The molecule has 0 amide bonds. The van der Waals surface area contributed by atoms with Crippen LogP contribution < -0.4 is 9.64 Å². The Bertz CT molecular complexity index is 1190. The fraction of sp³-hybridized carbons (Fsp3) is 0.280. The second-order valence-electron chi connectivity index (χ2n) is 8.16. The van der Waals surface area contributed by atoms with Crippen molar-refractivity contribution in [3.8, 4) is 5.75 Å². The van der Waals surface area contributed by atoms with Crippen molar-refractivity contribution >= 4 is 28.4 Å². The largest absolute Gasteiger partial charge is 0.497 e. The van der Waals surface area contributed by atoms with E-state index in [-0.39, 0.29) is 24.2 Å². The van der Waals surface area contributed by atoms with Gasteiger partial charge in [0.25, 0.3) is 0 Å². The van der Waals surface area contributed by atoms with E-state index in [4.69, 9.17) is 13.9 Å². The van der Waals surface area contributed by atoms with Gasteiger partial charge in [0, 0.05) is 46.9 Å². The zero-order valence-corrected chi connectivity index (χ0v) is 18.1. The first-order valence-electron chi connectivity index (χ1n) is 10.1. The third-order valence-electron chi connectivity index (χ3n) is 5.81. The standard InChI is InChI=1S/C25H25NO5/c1-25(2)20-7-5-6-8-21(20)26(3)23(25)12-17(27)15-31-24(28)11-16-14-30-22-13-18(29-4)9-10-19(16)22/h5-10,12-14H,11,15H2,1-4H3. The Kier molecular flexibility index (Phi) is 5.31. The minimum absolute atomic E-state index is 0.0278. The third kappa shape index (κ3) is 3.81. The van der Waals surface area contributed by atoms with Crippen LogP contribution in [-0.2, 0) is 26.2 Å². The number of carbonyl (C=O) groups is 2. The lowest BCUT2D eigenvalue weighted by molar-refractivity contribution is -0.146. The number of benzene rings is 2. The molecule has 0 fully saturated rings. The number of hydrogen-bond acceptors (Lipinski definition) is 6. The average molecular weight is 419 g/mol. The number of anilines is 1. The second-order valence-corrected chi connectivity index (χ2v) is 8.16. The molecule has 1 aromatic heterocycles. The van der Waals surface area contributed by atoms with Crippen LogP contribution in [-0.4, -0.2) is 32.5 Å². The van der Waals surface area contributed by atoms with Crippen molar-refractivity contribution in [1.29, 1.82) is 0 Å². The summed E-state index contributed by atoms with van der Waals surface area (Å²) in [7, 11) is 3.52. The number of carbonyl (C=O) groups excluding carboxylic acids is 2. The highest BCUT2D eigenvalue weighted by Gasteiger charge is 2.38. The van der Waals surface area contributed by atoms with E-state index < -0.39 is 5.97 Å². The Hall–Kier alpha value is -3.54. The molecule has 0 atom stereocenters. The van der Waals surface area contributed by atoms with Gasteiger partial charge in [-0.3, -0.25) is 9.59 Å². The van der Waals surface area contributed by atoms with Gasteiger partial charge in [-0.1, -0.05) is 32.0 Å². The minimum Gasteiger partial charge on any atom is -0.497 e. The number of hydrogen-bond donors (Lipinski definition) is 0. The predicted molar refractivity (Wildman–Crippen MR) is 118 cm³/mol. The summed E-state index contributed by atoms with van der Waals surface area (Å²) in [5, 5.41) is 0.818. The van der Waals surface area contributed by atoms with E-state index in [9.17, 15) is 9.59 Å². The van der Waals surface area contributed by atoms with Crippen molar-refractivity contribution in [2.24, 2.45) is 0 Å². The highest BCUT2D eigenvalue weighted by Crippen LogP contribution is 2.46. The maximum absolute atomic E-state index is 12.6. The number of nitrogens with zero attached hydrogens (tertiary/aromatic N) is 1. The van der Waals surface area contributed by atoms with E-state index >= 15 is 0 Å². The molecule has 2 aromatic carbocycles. The molecule has 0 aliphatic carbocycles. The van der Waals surface area contributed by atoms with Crippen LogP contribution in [0.1, 0.15) is 25.0 Å². The summed E-state index contributed by atoms with van der Waals surface area (Å²) in [6, 6.07) is 13.5. The van der Waals surface area contributed by atoms with Crippen molar-refractivity contribution in [1.82, 2.24) is 0 Å². The smallest absolute Gasteiger partial charge is 0.310 e. The Morgan fingerprint density at radius 1 is 1.16 bits per heavy atom. The zero-order chi connectivity index (χ0) is 22.2. The van der Waals surface area contributed by atoms with Crippen molar-refractivity contribution in [2.45, 2.75) is 25.7 Å². The van der Waals surface area contributed by atoms with Gasteiger partial charge in [-0.2, -0.15) is 0 Å². The normalized spacial score (nSPS) is 15.9. The maximum atomic E-state index is 12.6. The lowest BCUT2D eigenvalue weighted by Crippen LogP contribution is -2.25. The first kappa shape index (κ1) is 20.7. The van der Waals surface area contributed by atoms with E-state index in [0.717, 1.165) is 22.3 Å². The number of rotatable bonds is 6. The predicted octanol–water partition coefficient (Wildman–Crippen LogP) is 4.41. The second kappa shape index (κ2) is 7.95. The maximum Gasteiger partial charge on any atom is 0.310 e. The van der Waals surface area contributed by atoms with Crippen LogP contribution in [0.3, 0.4) is 0 Å². The zero-order valence-electron chi connectivity index (χ0n) is 18.1. The molecule has 0 spiro atoms. The van der Waals surface area contributed by atoms with Crippen molar-refractivity contribution < 1.29 is 23.5 Å². The van der Waals surface area contributed by atoms with E-state index in [1.54, 1.807) is 25.3 Å². The SMILES string of the molecule is COc1ccc2c(CC(=O)OCC(=O)C=C3N(C)c4ccccc4C3(C)C)coc2c1. The van der Waals surface area contributed by atoms with Crippen molar-refractivity contribution in [3.63, 3.8) is 0 Å². The van der Waals surface area contributed by atoms with E-state index in [1.165, 1.54) is 6.26 Å². The van der Waals surface area contributed by atoms with E-state index in [1.807, 2.05) is 36.2 Å². The quantitative estimate of drug-likeness (QED) is 0.436. The molecule has 2 heterocycles. The van der Waals surface area contributed by atoms with E-state index in [0.29, 0.717) is 16.9 Å². The number of furan rings is 1. The number of ether oxygens (including phenoxy) is 2. The van der Waals surface area contributed by atoms with Gasteiger partial charge in [0.15, 0.2) is 12.4 Å². The van der Waals surface area contributed by atoms with Crippen LogP contribution in [0, 0.1) is 0 Å². The Morgan fingerprint density at radius 2 is 1.94 bits per heavy atom. The first-order valence-corrected chi connectivity index (χ1v) is 10.1. The van der Waals surface area contributed by atoms with Gasteiger partial charge in [-0.15, -0.1) is 0 Å². The van der Waals surface area contributed by atoms with Gasteiger partial charge in [-0.25, -0.2) is 0 Å². The summed E-state index contributed by atoms with van der Waals surface area (Å²) >= 11 is 0. The van der Waals surface area contributed by atoms with Crippen molar-refractivity contribution in [2.75, 3.05) is 25.7 Å². The molecule has 4 rings (SSSR count). The van der Waals surface area contributed by atoms with Gasteiger partial charge >= 0.3 is 5.97 Å². The summed E-state index contributed by atoms with van der Waals surface area (Å²) < 4.78 is 15.9. The van der Waals surface area contributed by atoms with Crippen LogP contribution in [0.15, 0.2) is 64.9 Å². The molecule has 0 unspecified atom stereocenters. The van der Waals surface area contributed by atoms with Gasteiger partial charge in [0.05, 0.1) is 19.8 Å². The number of allylic oxidation sites excluding steroid dienone is 1. The summed E-state index contributed by atoms with van der Waals surface area (Å²) in [4.78, 5) is 26.9. The number of esters is 1. The van der Waals surface area contributed by atoms with Crippen molar-refractivity contribution in [3.05, 3.63) is 71.6 Å². The molecule has 3 aromatic rings. The molecule has 1 aliphatic rings. The molecule has 31 heavy (non-hydrogen) atoms. The van der Waals surface area contributed by atoms with Crippen LogP contribution in [0.2, 0.25) is 0 Å². The number of fused-ring (bicyclic) bond motifs is 2. The Balaban J connectivity index is 1.41. The lowest BCUT2D eigenvalue weighted by atomic mass is 9.83.